The Morgan fingerprint density at radius 2 is 1.81 bits per heavy atom. The van der Waals surface area contributed by atoms with Gasteiger partial charge in [0.1, 0.15) is 5.75 Å². The summed E-state index contributed by atoms with van der Waals surface area (Å²) in [7, 11) is 1.66. The van der Waals surface area contributed by atoms with Gasteiger partial charge in [-0.05, 0) is 36.2 Å². The number of hydrogen-bond acceptors (Lipinski definition) is 4. The summed E-state index contributed by atoms with van der Waals surface area (Å²) < 4.78 is 24.1. The lowest BCUT2D eigenvalue weighted by Gasteiger charge is -2.22. The van der Waals surface area contributed by atoms with Crippen LogP contribution in [0.1, 0.15) is 12.0 Å². The molecule has 5 nitrogen and oxygen atoms in total. The highest BCUT2D eigenvalue weighted by Crippen LogP contribution is 2.16. The van der Waals surface area contributed by atoms with Gasteiger partial charge in [-0.3, -0.25) is 9.69 Å². The Labute approximate surface area is 159 Å². The van der Waals surface area contributed by atoms with Crippen molar-refractivity contribution in [3.63, 3.8) is 0 Å². The van der Waals surface area contributed by atoms with E-state index in [1.165, 1.54) is 17.7 Å². The molecule has 1 amide bonds. The fraction of sp³-hybridized carbons (Fsp3) is 0.381. The lowest BCUT2D eigenvalue weighted by atomic mass is 10.2. The van der Waals surface area contributed by atoms with Gasteiger partial charge < -0.3 is 14.4 Å². The number of para-hydroxylation sites is 1. The van der Waals surface area contributed by atoms with Crippen LogP contribution in [0.2, 0.25) is 0 Å². The molecule has 1 aliphatic heterocycles. The molecule has 2 aromatic rings. The molecule has 2 aromatic carbocycles. The van der Waals surface area contributed by atoms with Gasteiger partial charge in [-0.2, -0.15) is 0 Å². The molecule has 0 aliphatic carbocycles. The summed E-state index contributed by atoms with van der Waals surface area (Å²) in [5.74, 6) is 0.402. The van der Waals surface area contributed by atoms with E-state index in [1.807, 2.05) is 12.1 Å². The van der Waals surface area contributed by atoms with Gasteiger partial charge >= 0.3 is 0 Å². The summed E-state index contributed by atoms with van der Waals surface area (Å²) in [5.41, 5.74) is 1.22. The maximum Gasteiger partial charge on any atom is 0.260 e. The van der Waals surface area contributed by atoms with Gasteiger partial charge in [0.05, 0.1) is 7.11 Å². The van der Waals surface area contributed by atoms with Crippen molar-refractivity contribution in [2.45, 2.75) is 13.0 Å². The Morgan fingerprint density at radius 3 is 2.56 bits per heavy atom. The molecular weight excluding hydrogens is 347 g/mol. The van der Waals surface area contributed by atoms with Gasteiger partial charge in [-0.25, -0.2) is 4.39 Å². The van der Waals surface area contributed by atoms with Crippen LogP contribution in [0.15, 0.2) is 48.5 Å². The number of hydrogen-bond donors (Lipinski definition) is 0. The summed E-state index contributed by atoms with van der Waals surface area (Å²) in [4.78, 5) is 16.6. The van der Waals surface area contributed by atoms with Gasteiger partial charge in [0.15, 0.2) is 18.2 Å². The van der Waals surface area contributed by atoms with Crippen molar-refractivity contribution < 1.29 is 18.7 Å². The summed E-state index contributed by atoms with van der Waals surface area (Å²) >= 11 is 0. The summed E-state index contributed by atoms with van der Waals surface area (Å²) in [6, 6.07) is 14.2. The van der Waals surface area contributed by atoms with E-state index in [4.69, 9.17) is 9.47 Å². The zero-order valence-electron chi connectivity index (χ0n) is 15.6. The molecule has 6 heteroatoms. The molecule has 1 saturated heterocycles. The molecular formula is C21H25FN2O3. The van der Waals surface area contributed by atoms with Crippen LogP contribution in [0.25, 0.3) is 0 Å². The lowest BCUT2D eigenvalue weighted by Crippen LogP contribution is -2.38. The number of nitrogens with zero attached hydrogens (tertiary/aromatic N) is 2. The topological polar surface area (TPSA) is 42.0 Å². The quantitative estimate of drug-likeness (QED) is 0.782. The Morgan fingerprint density at radius 1 is 1.04 bits per heavy atom. The normalized spacial score (nSPS) is 15.3. The average molecular weight is 372 g/mol. The van der Waals surface area contributed by atoms with E-state index in [1.54, 1.807) is 24.1 Å². The molecule has 0 unspecified atom stereocenters. The van der Waals surface area contributed by atoms with Crippen LogP contribution in [-0.2, 0) is 11.3 Å². The number of carbonyl (C=O) groups is 1. The SMILES string of the molecule is COc1ccc(CN2CCCN(C(=O)COc3ccccc3F)CC2)cc1. The number of halogens is 1. The van der Waals surface area contributed by atoms with Crippen molar-refractivity contribution in [3.05, 3.63) is 59.9 Å². The van der Waals surface area contributed by atoms with Crippen LogP contribution in [0, 0.1) is 5.82 Å². The zero-order chi connectivity index (χ0) is 19.1. The summed E-state index contributed by atoms with van der Waals surface area (Å²) in [6.07, 6.45) is 0.904. The third-order valence-electron chi connectivity index (χ3n) is 4.69. The number of rotatable bonds is 6. The number of carbonyl (C=O) groups excluding carboxylic acids is 1. The fourth-order valence-corrected chi connectivity index (χ4v) is 3.16. The molecule has 1 aliphatic rings. The molecule has 0 radical (unpaired) electrons. The molecule has 0 bridgehead atoms. The van der Waals surface area contributed by atoms with Crippen LogP contribution >= 0.6 is 0 Å². The molecule has 0 saturated carbocycles. The van der Waals surface area contributed by atoms with Crippen molar-refractivity contribution in [1.82, 2.24) is 9.80 Å². The van der Waals surface area contributed by atoms with Crippen LogP contribution in [0.3, 0.4) is 0 Å². The predicted molar refractivity (Wildman–Crippen MR) is 101 cm³/mol. The third-order valence-corrected chi connectivity index (χ3v) is 4.69. The van der Waals surface area contributed by atoms with Crippen LogP contribution in [-0.4, -0.2) is 55.6 Å². The van der Waals surface area contributed by atoms with Crippen molar-refractivity contribution in [1.29, 1.82) is 0 Å². The van der Waals surface area contributed by atoms with Crippen molar-refractivity contribution in [3.8, 4) is 11.5 Å². The maximum atomic E-state index is 13.6. The van der Waals surface area contributed by atoms with Gasteiger partial charge in [-0.15, -0.1) is 0 Å². The smallest absolute Gasteiger partial charge is 0.260 e. The Bertz CT molecular complexity index is 751. The molecule has 1 heterocycles. The molecule has 144 valence electrons. The molecule has 0 aromatic heterocycles. The fourth-order valence-electron chi connectivity index (χ4n) is 3.16. The summed E-state index contributed by atoms with van der Waals surface area (Å²) in [5, 5.41) is 0. The second-order valence-electron chi connectivity index (χ2n) is 6.58. The first-order chi connectivity index (χ1) is 13.2. The Balaban J connectivity index is 1.48. The maximum absolute atomic E-state index is 13.6. The number of methoxy groups -OCH3 is 1. The lowest BCUT2D eigenvalue weighted by molar-refractivity contribution is -0.133. The van der Waals surface area contributed by atoms with Crippen molar-refractivity contribution in [2.24, 2.45) is 0 Å². The van der Waals surface area contributed by atoms with Gasteiger partial charge in [-0.1, -0.05) is 24.3 Å². The first-order valence-corrected chi connectivity index (χ1v) is 9.16. The van der Waals surface area contributed by atoms with E-state index in [0.717, 1.165) is 31.8 Å². The second-order valence-corrected chi connectivity index (χ2v) is 6.58. The largest absolute Gasteiger partial charge is 0.497 e. The van der Waals surface area contributed by atoms with Crippen molar-refractivity contribution in [2.75, 3.05) is 39.9 Å². The minimum Gasteiger partial charge on any atom is -0.497 e. The Hall–Kier alpha value is -2.60. The third kappa shape index (κ3) is 5.44. The van der Waals surface area contributed by atoms with E-state index >= 15 is 0 Å². The van der Waals surface area contributed by atoms with Gasteiger partial charge in [0.2, 0.25) is 0 Å². The highest BCUT2D eigenvalue weighted by atomic mass is 19.1. The molecule has 3 rings (SSSR count). The minimum atomic E-state index is -0.452. The molecule has 27 heavy (non-hydrogen) atoms. The average Bonchev–Trinajstić information content (AvgIpc) is 2.93. The van der Waals surface area contributed by atoms with Crippen LogP contribution in [0.4, 0.5) is 4.39 Å². The minimum absolute atomic E-state index is 0.107. The highest BCUT2D eigenvalue weighted by molar-refractivity contribution is 5.77. The number of ether oxygens (including phenoxy) is 2. The van der Waals surface area contributed by atoms with Gasteiger partial charge in [0.25, 0.3) is 5.91 Å². The Kier molecular flexibility index (Phi) is 6.65. The second kappa shape index (κ2) is 9.37. The standard InChI is InChI=1S/C21H25FN2O3/c1-26-18-9-7-17(8-10-18)15-23-11-4-12-24(14-13-23)21(25)16-27-20-6-3-2-5-19(20)22/h2-3,5-10H,4,11-16H2,1H3. The molecule has 0 N–H and O–H groups in total. The van der Waals surface area contributed by atoms with E-state index in [9.17, 15) is 9.18 Å². The highest BCUT2D eigenvalue weighted by Gasteiger charge is 2.20. The monoisotopic (exact) mass is 372 g/mol. The zero-order valence-corrected chi connectivity index (χ0v) is 15.6. The van der Waals surface area contributed by atoms with Crippen LogP contribution < -0.4 is 9.47 Å². The van der Waals surface area contributed by atoms with E-state index in [-0.39, 0.29) is 18.3 Å². The van der Waals surface area contributed by atoms with Crippen LogP contribution in [0.5, 0.6) is 11.5 Å². The molecule has 1 fully saturated rings. The van der Waals surface area contributed by atoms with E-state index < -0.39 is 5.82 Å². The number of amides is 1. The van der Waals surface area contributed by atoms with E-state index in [2.05, 4.69) is 17.0 Å². The molecule has 0 atom stereocenters. The first-order valence-electron chi connectivity index (χ1n) is 9.16. The number of benzene rings is 2. The van der Waals surface area contributed by atoms with Gasteiger partial charge in [0, 0.05) is 32.7 Å². The predicted octanol–water partition coefficient (Wildman–Crippen LogP) is 2.95. The first kappa shape index (κ1) is 19.2. The van der Waals surface area contributed by atoms with Crippen molar-refractivity contribution >= 4 is 5.91 Å². The molecule has 0 spiro atoms. The van der Waals surface area contributed by atoms with E-state index in [0.29, 0.717) is 13.1 Å². The summed E-state index contributed by atoms with van der Waals surface area (Å²) in [6.45, 7) is 3.78.